The first-order chi connectivity index (χ1) is 9.98. The van der Waals surface area contributed by atoms with Crippen molar-refractivity contribution in [3.05, 3.63) is 23.5 Å². The molecule has 0 aliphatic carbocycles. The Morgan fingerprint density at radius 2 is 2.10 bits per heavy atom. The molecule has 21 heavy (non-hydrogen) atoms. The second-order valence-corrected chi connectivity index (χ2v) is 5.98. The molecule has 0 aliphatic heterocycles. The van der Waals surface area contributed by atoms with E-state index in [-0.39, 0.29) is 5.41 Å². The second kappa shape index (κ2) is 8.63. The van der Waals surface area contributed by atoms with Crippen LogP contribution in [0.25, 0.3) is 0 Å². The van der Waals surface area contributed by atoms with Crippen LogP contribution in [0.5, 0.6) is 5.75 Å². The summed E-state index contributed by atoms with van der Waals surface area (Å²) in [4.78, 5) is 4.53. The van der Waals surface area contributed by atoms with Gasteiger partial charge in [0.15, 0.2) is 0 Å². The van der Waals surface area contributed by atoms with Crippen molar-refractivity contribution in [3.63, 3.8) is 0 Å². The molecular formula is C17H27N3O. The van der Waals surface area contributed by atoms with Crippen LogP contribution in [0.3, 0.4) is 0 Å². The second-order valence-electron chi connectivity index (χ2n) is 5.98. The maximum absolute atomic E-state index is 8.98. The highest BCUT2D eigenvalue weighted by molar-refractivity contribution is 5.29. The first-order valence-corrected chi connectivity index (χ1v) is 7.70. The molecule has 116 valence electrons. The third-order valence-corrected chi connectivity index (χ3v) is 3.37. The minimum atomic E-state index is -0.235. The van der Waals surface area contributed by atoms with Crippen LogP contribution in [0.1, 0.15) is 51.4 Å². The largest absolute Gasteiger partial charge is 0.492 e. The number of rotatable bonds is 9. The number of unbranched alkanes of at least 4 members (excludes halogenated alkanes) is 1. The van der Waals surface area contributed by atoms with Gasteiger partial charge in [0, 0.05) is 12.2 Å². The molecule has 0 unspecified atom stereocenters. The first-order valence-electron chi connectivity index (χ1n) is 7.70. The van der Waals surface area contributed by atoms with Gasteiger partial charge in [-0.25, -0.2) is 0 Å². The Labute approximate surface area is 128 Å². The molecule has 0 aromatic carbocycles. The quantitative estimate of drug-likeness (QED) is 0.706. The van der Waals surface area contributed by atoms with Crippen molar-refractivity contribution in [2.24, 2.45) is 5.41 Å². The van der Waals surface area contributed by atoms with Crippen LogP contribution in [0, 0.1) is 23.7 Å². The molecule has 4 heteroatoms. The number of hydrogen-bond donors (Lipinski definition) is 1. The molecule has 1 heterocycles. The zero-order chi connectivity index (χ0) is 15.7. The Morgan fingerprint density at radius 1 is 1.33 bits per heavy atom. The van der Waals surface area contributed by atoms with Gasteiger partial charge in [-0.2, -0.15) is 5.26 Å². The summed E-state index contributed by atoms with van der Waals surface area (Å²) < 4.78 is 5.85. The lowest BCUT2D eigenvalue weighted by atomic mass is 9.89. The van der Waals surface area contributed by atoms with E-state index in [0.29, 0.717) is 6.61 Å². The molecule has 0 atom stereocenters. The minimum absolute atomic E-state index is 0.235. The third kappa shape index (κ3) is 6.59. The lowest BCUT2D eigenvalue weighted by molar-refractivity contribution is 0.290. The van der Waals surface area contributed by atoms with E-state index >= 15 is 0 Å². The van der Waals surface area contributed by atoms with Crippen LogP contribution in [0.4, 0.5) is 0 Å². The average molecular weight is 289 g/mol. The van der Waals surface area contributed by atoms with E-state index in [2.05, 4.69) is 23.3 Å². The molecule has 0 radical (unpaired) electrons. The molecule has 1 aromatic heterocycles. The highest BCUT2D eigenvalue weighted by Gasteiger charge is 2.15. The summed E-state index contributed by atoms with van der Waals surface area (Å²) in [5, 5.41) is 12.3. The van der Waals surface area contributed by atoms with Gasteiger partial charge < -0.3 is 10.1 Å². The predicted octanol–water partition coefficient (Wildman–Crippen LogP) is 3.60. The van der Waals surface area contributed by atoms with E-state index in [4.69, 9.17) is 10.00 Å². The minimum Gasteiger partial charge on any atom is -0.492 e. The van der Waals surface area contributed by atoms with Gasteiger partial charge in [-0.3, -0.25) is 4.98 Å². The van der Waals surface area contributed by atoms with Crippen molar-refractivity contribution >= 4 is 0 Å². The predicted molar refractivity (Wildman–Crippen MR) is 85.1 cm³/mol. The van der Waals surface area contributed by atoms with Crippen LogP contribution >= 0.6 is 0 Å². The van der Waals surface area contributed by atoms with Gasteiger partial charge in [-0.1, -0.05) is 6.92 Å². The summed E-state index contributed by atoms with van der Waals surface area (Å²) in [5.41, 5.74) is 1.74. The molecule has 0 bridgehead atoms. The van der Waals surface area contributed by atoms with E-state index in [1.807, 2.05) is 32.9 Å². The molecule has 0 fully saturated rings. The Hall–Kier alpha value is -1.60. The summed E-state index contributed by atoms with van der Waals surface area (Å²) >= 11 is 0. The van der Waals surface area contributed by atoms with Gasteiger partial charge in [0.2, 0.25) is 0 Å². The van der Waals surface area contributed by atoms with Crippen molar-refractivity contribution in [2.45, 2.75) is 53.5 Å². The molecule has 0 aliphatic rings. The lowest BCUT2D eigenvalue weighted by Gasteiger charge is -2.15. The molecule has 1 aromatic rings. The van der Waals surface area contributed by atoms with Crippen LogP contribution in [0.15, 0.2) is 12.1 Å². The van der Waals surface area contributed by atoms with Gasteiger partial charge in [0.25, 0.3) is 0 Å². The van der Waals surface area contributed by atoms with E-state index in [1.54, 1.807) is 0 Å². The summed E-state index contributed by atoms with van der Waals surface area (Å²) in [6.07, 6.45) is 2.87. The Bertz CT molecular complexity index is 477. The van der Waals surface area contributed by atoms with Crippen molar-refractivity contribution in [1.82, 2.24) is 10.3 Å². The zero-order valence-electron chi connectivity index (χ0n) is 13.7. The SMILES string of the molecule is CCNCc1nc(C)ccc1OCCCCC(C)(C)C#N. The number of pyridine rings is 1. The first kappa shape index (κ1) is 17.5. The van der Waals surface area contributed by atoms with E-state index < -0.39 is 0 Å². The van der Waals surface area contributed by atoms with E-state index in [0.717, 1.165) is 49.5 Å². The molecule has 0 saturated carbocycles. The smallest absolute Gasteiger partial charge is 0.142 e. The lowest BCUT2D eigenvalue weighted by Crippen LogP contribution is -2.15. The number of hydrogen-bond acceptors (Lipinski definition) is 4. The number of ether oxygens (including phenoxy) is 1. The monoisotopic (exact) mass is 289 g/mol. The number of nitriles is 1. The van der Waals surface area contributed by atoms with Gasteiger partial charge >= 0.3 is 0 Å². The summed E-state index contributed by atoms with van der Waals surface area (Å²) in [6, 6.07) is 6.30. The maximum atomic E-state index is 8.98. The van der Waals surface area contributed by atoms with Crippen LogP contribution in [-0.4, -0.2) is 18.1 Å². The summed E-state index contributed by atoms with van der Waals surface area (Å²) in [5.74, 6) is 0.862. The van der Waals surface area contributed by atoms with E-state index in [9.17, 15) is 0 Å². The van der Waals surface area contributed by atoms with Crippen LogP contribution in [0.2, 0.25) is 0 Å². The van der Waals surface area contributed by atoms with Crippen molar-refractivity contribution in [1.29, 1.82) is 5.26 Å². The molecule has 0 saturated heterocycles. The Balaban J connectivity index is 2.43. The van der Waals surface area contributed by atoms with Gasteiger partial charge in [0.05, 0.1) is 23.8 Å². The van der Waals surface area contributed by atoms with Gasteiger partial charge in [-0.05, 0) is 58.7 Å². The highest BCUT2D eigenvalue weighted by Crippen LogP contribution is 2.22. The van der Waals surface area contributed by atoms with Crippen LogP contribution in [-0.2, 0) is 6.54 Å². The van der Waals surface area contributed by atoms with Crippen molar-refractivity contribution in [3.8, 4) is 11.8 Å². The molecule has 0 spiro atoms. The zero-order valence-corrected chi connectivity index (χ0v) is 13.7. The maximum Gasteiger partial charge on any atom is 0.142 e. The van der Waals surface area contributed by atoms with Gasteiger partial charge in [0.1, 0.15) is 5.75 Å². The van der Waals surface area contributed by atoms with Crippen molar-refractivity contribution in [2.75, 3.05) is 13.2 Å². The third-order valence-electron chi connectivity index (χ3n) is 3.37. The fraction of sp³-hybridized carbons (Fsp3) is 0.647. The topological polar surface area (TPSA) is 57.9 Å². The number of nitrogens with one attached hydrogen (secondary N) is 1. The number of nitrogens with zero attached hydrogens (tertiary/aromatic N) is 2. The standard InChI is InChI=1S/C17H27N3O/c1-5-19-12-15-16(9-8-14(2)20-15)21-11-7-6-10-17(3,4)13-18/h8-9,19H,5-7,10-12H2,1-4H3. The normalized spacial score (nSPS) is 11.2. The number of aromatic nitrogens is 1. The fourth-order valence-electron chi connectivity index (χ4n) is 2.01. The number of aryl methyl sites for hydroxylation is 1. The van der Waals surface area contributed by atoms with Gasteiger partial charge in [-0.15, -0.1) is 0 Å². The van der Waals surface area contributed by atoms with Crippen LogP contribution < -0.4 is 10.1 Å². The molecule has 1 N–H and O–H groups in total. The summed E-state index contributed by atoms with van der Waals surface area (Å²) in [7, 11) is 0. The molecule has 4 nitrogen and oxygen atoms in total. The molecule has 0 amide bonds. The summed E-state index contributed by atoms with van der Waals surface area (Å²) in [6.45, 7) is 10.3. The Kier molecular flexibility index (Phi) is 7.18. The fourth-order valence-corrected chi connectivity index (χ4v) is 2.01. The van der Waals surface area contributed by atoms with E-state index in [1.165, 1.54) is 0 Å². The average Bonchev–Trinajstić information content (AvgIpc) is 2.46. The molecular weight excluding hydrogens is 262 g/mol. The molecule has 1 rings (SSSR count). The Morgan fingerprint density at radius 3 is 2.76 bits per heavy atom. The van der Waals surface area contributed by atoms with Crippen molar-refractivity contribution < 1.29 is 4.74 Å². The highest BCUT2D eigenvalue weighted by atomic mass is 16.5.